The van der Waals surface area contributed by atoms with Crippen LogP contribution in [0.1, 0.15) is 11.3 Å². The van der Waals surface area contributed by atoms with Gasteiger partial charge in [-0.1, -0.05) is 12.1 Å². The minimum atomic E-state index is -4.73. The summed E-state index contributed by atoms with van der Waals surface area (Å²) in [6.07, 6.45) is -4.73. The van der Waals surface area contributed by atoms with Crippen LogP contribution in [-0.2, 0) is 0 Å². The fourth-order valence-corrected chi connectivity index (χ4v) is 2.00. The molecule has 1 heterocycles. The lowest BCUT2D eigenvalue weighted by Crippen LogP contribution is -2.17. The Labute approximate surface area is 108 Å². The second kappa shape index (κ2) is 4.60. The minimum Gasteiger partial charge on any atom is -0.403 e. The number of fused-ring (bicyclic) bond motifs is 1. The van der Waals surface area contributed by atoms with Crippen LogP contribution in [0, 0.1) is 13.8 Å². The van der Waals surface area contributed by atoms with Crippen LogP contribution in [0.4, 0.5) is 18.9 Å². The molecule has 2 rings (SSSR count). The van der Waals surface area contributed by atoms with Gasteiger partial charge in [-0.2, -0.15) is 0 Å². The molecule has 1 aromatic heterocycles. The van der Waals surface area contributed by atoms with Gasteiger partial charge < -0.3 is 10.1 Å². The van der Waals surface area contributed by atoms with E-state index in [4.69, 9.17) is 0 Å². The first-order chi connectivity index (χ1) is 8.83. The van der Waals surface area contributed by atoms with Gasteiger partial charge in [0.05, 0.1) is 0 Å². The first-order valence-corrected chi connectivity index (χ1v) is 5.67. The smallest absolute Gasteiger partial charge is 0.403 e. The van der Waals surface area contributed by atoms with E-state index >= 15 is 0 Å². The van der Waals surface area contributed by atoms with Gasteiger partial charge in [-0.15, -0.1) is 13.2 Å². The molecule has 0 unspecified atom stereocenters. The molecule has 19 heavy (non-hydrogen) atoms. The number of anilines is 1. The highest BCUT2D eigenvalue weighted by Crippen LogP contribution is 2.34. The predicted octanol–water partition coefficient (Wildman–Crippen LogP) is 3.79. The zero-order valence-electron chi connectivity index (χ0n) is 10.7. The molecule has 0 aliphatic carbocycles. The molecule has 0 saturated carbocycles. The number of aryl methyl sites for hydroxylation is 1. The van der Waals surface area contributed by atoms with E-state index in [1.165, 1.54) is 12.1 Å². The standard InChI is InChI=1S/C13H13F3N2O/c1-7-8(2)18-12-9(11(7)17-3)5-4-6-10(12)19-13(14,15)16/h4-6H,1-3H3,(H,17,18). The Morgan fingerprint density at radius 3 is 2.47 bits per heavy atom. The van der Waals surface area contributed by atoms with Crippen LogP contribution in [0.3, 0.4) is 0 Å². The number of ether oxygens (including phenoxy) is 1. The summed E-state index contributed by atoms with van der Waals surface area (Å²) >= 11 is 0. The average Bonchev–Trinajstić information content (AvgIpc) is 2.30. The summed E-state index contributed by atoms with van der Waals surface area (Å²) in [6, 6.07) is 4.49. The van der Waals surface area contributed by atoms with E-state index in [9.17, 15) is 13.2 Å². The fraction of sp³-hybridized carbons (Fsp3) is 0.308. The highest BCUT2D eigenvalue weighted by atomic mass is 19.4. The van der Waals surface area contributed by atoms with Crippen molar-refractivity contribution >= 4 is 16.6 Å². The van der Waals surface area contributed by atoms with Crippen molar-refractivity contribution in [3.05, 3.63) is 29.5 Å². The van der Waals surface area contributed by atoms with Gasteiger partial charge in [0.2, 0.25) is 0 Å². The van der Waals surface area contributed by atoms with E-state index in [1.807, 2.05) is 6.92 Å². The van der Waals surface area contributed by atoms with Crippen molar-refractivity contribution in [3.63, 3.8) is 0 Å². The zero-order valence-corrected chi connectivity index (χ0v) is 10.7. The number of nitrogens with zero attached hydrogens (tertiary/aromatic N) is 1. The largest absolute Gasteiger partial charge is 0.573 e. The highest BCUT2D eigenvalue weighted by Gasteiger charge is 2.32. The summed E-state index contributed by atoms with van der Waals surface area (Å²) in [4.78, 5) is 4.20. The molecule has 1 aromatic carbocycles. The maximum Gasteiger partial charge on any atom is 0.573 e. The molecule has 0 bridgehead atoms. The average molecular weight is 270 g/mol. The van der Waals surface area contributed by atoms with E-state index in [1.54, 1.807) is 20.0 Å². The van der Waals surface area contributed by atoms with Crippen LogP contribution in [0.5, 0.6) is 5.75 Å². The van der Waals surface area contributed by atoms with Crippen LogP contribution in [0.2, 0.25) is 0 Å². The normalized spacial score (nSPS) is 11.7. The van der Waals surface area contributed by atoms with Gasteiger partial charge in [0.1, 0.15) is 5.52 Å². The molecule has 0 atom stereocenters. The molecule has 6 heteroatoms. The molecule has 0 fully saturated rings. The molecule has 0 aliphatic rings. The molecule has 0 amide bonds. The Morgan fingerprint density at radius 2 is 1.89 bits per heavy atom. The number of hydrogen-bond acceptors (Lipinski definition) is 3. The number of para-hydroxylation sites is 1. The van der Waals surface area contributed by atoms with Gasteiger partial charge in [-0.05, 0) is 25.5 Å². The van der Waals surface area contributed by atoms with Crippen molar-refractivity contribution in [1.82, 2.24) is 4.98 Å². The molecule has 3 nitrogen and oxygen atoms in total. The number of aromatic nitrogens is 1. The molecule has 0 aliphatic heterocycles. The number of benzene rings is 1. The lowest BCUT2D eigenvalue weighted by molar-refractivity contribution is -0.274. The Balaban J connectivity index is 2.72. The lowest BCUT2D eigenvalue weighted by Gasteiger charge is -2.15. The van der Waals surface area contributed by atoms with Crippen LogP contribution in [-0.4, -0.2) is 18.4 Å². The zero-order chi connectivity index (χ0) is 14.2. The molecule has 1 N–H and O–H groups in total. The van der Waals surface area contributed by atoms with Crippen molar-refractivity contribution in [2.45, 2.75) is 20.2 Å². The molecular weight excluding hydrogens is 257 g/mol. The molecule has 0 radical (unpaired) electrons. The third kappa shape index (κ3) is 2.57. The van der Waals surface area contributed by atoms with Crippen molar-refractivity contribution in [2.75, 3.05) is 12.4 Å². The van der Waals surface area contributed by atoms with Gasteiger partial charge in [0.15, 0.2) is 5.75 Å². The van der Waals surface area contributed by atoms with Gasteiger partial charge in [-0.25, -0.2) is 4.98 Å². The van der Waals surface area contributed by atoms with Crippen molar-refractivity contribution in [1.29, 1.82) is 0 Å². The van der Waals surface area contributed by atoms with Crippen molar-refractivity contribution in [3.8, 4) is 5.75 Å². The SMILES string of the molecule is CNc1c(C)c(C)nc2c(OC(F)(F)F)cccc12. The van der Waals surface area contributed by atoms with Crippen LogP contribution < -0.4 is 10.1 Å². The summed E-state index contributed by atoms with van der Waals surface area (Å²) in [6.45, 7) is 3.62. The molecular formula is C13H13F3N2O. The van der Waals surface area contributed by atoms with Crippen molar-refractivity contribution in [2.24, 2.45) is 0 Å². The van der Waals surface area contributed by atoms with Crippen LogP contribution in [0.15, 0.2) is 18.2 Å². The first-order valence-electron chi connectivity index (χ1n) is 5.67. The highest BCUT2D eigenvalue weighted by molar-refractivity contribution is 5.96. The van der Waals surface area contributed by atoms with Gasteiger partial charge in [0, 0.05) is 23.8 Å². The summed E-state index contributed by atoms with van der Waals surface area (Å²) in [7, 11) is 1.72. The molecule has 102 valence electrons. The van der Waals surface area contributed by atoms with E-state index in [2.05, 4.69) is 15.0 Å². The maximum absolute atomic E-state index is 12.4. The van der Waals surface area contributed by atoms with Gasteiger partial charge in [0.25, 0.3) is 0 Å². The van der Waals surface area contributed by atoms with Gasteiger partial charge in [-0.3, -0.25) is 0 Å². The molecule has 0 saturated heterocycles. The summed E-state index contributed by atoms with van der Waals surface area (Å²) in [5.74, 6) is -0.287. The lowest BCUT2D eigenvalue weighted by atomic mass is 10.1. The Morgan fingerprint density at radius 1 is 1.21 bits per heavy atom. The van der Waals surface area contributed by atoms with Crippen molar-refractivity contribution < 1.29 is 17.9 Å². The van der Waals surface area contributed by atoms with E-state index < -0.39 is 6.36 Å². The van der Waals surface area contributed by atoms with E-state index in [0.29, 0.717) is 11.1 Å². The summed E-state index contributed by atoms with van der Waals surface area (Å²) < 4.78 is 41.1. The number of hydrogen-bond donors (Lipinski definition) is 1. The quantitative estimate of drug-likeness (QED) is 0.901. The Kier molecular flexibility index (Phi) is 3.26. The second-order valence-corrected chi connectivity index (χ2v) is 4.15. The Hall–Kier alpha value is -1.98. The van der Waals surface area contributed by atoms with E-state index in [0.717, 1.165) is 11.3 Å². The third-order valence-corrected chi connectivity index (χ3v) is 2.94. The van der Waals surface area contributed by atoms with E-state index in [-0.39, 0.29) is 11.3 Å². The fourth-order valence-electron chi connectivity index (χ4n) is 2.00. The number of rotatable bonds is 2. The predicted molar refractivity (Wildman–Crippen MR) is 67.4 cm³/mol. The number of pyridine rings is 1. The maximum atomic E-state index is 12.4. The van der Waals surface area contributed by atoms with Crippen LogP contribution in [0.25, 0.3) is 10.9 Å². The summed E-state index contributed by atoms with van der Waals surface area (Å²) in [5.41, 5.74) is 2.52. The molecule has 2 aromatic rings. The topological polar surface area (TPSA) is 34.2 Å². The Bertz CT molecular complexity index is 623. The number of alkyl halides is 3. The molecule has 0 spiro atoms. The number of halogens is 3. The van der Waals surface area contributed by atoms with Gasteiger partial charge >= 0.3 is 6.36 Å². The minimum absolute atomic E-state index is 0.201. The first kappa shape index (κ1) is 13.5. The summed E-state index contributed by atoms with van der Waals surface area (Å²) in [5, 5.41) is 3.60. The van der Waals surface area contributed by atoms with Crippen LogP contribution >= 0.6 is 0 Å². The number of nitrogens with one attached hydrogen (secondary N) is 1. The second-order valence-electron chi connectivity index (χ2n) is 4.15. The monoisotopic (exact) mass is 270 g/mol. The third-order valence-electron chi connectivity index (χ3n) is 2.94.